The molecule has 4 nitrogen and oxygen atoms in total. The van der Waals surface area contributed by atoms with Crippen LogP contribution in [0.3, 0.4) is 0 Å². The van der Waals surface area contributed by atoms with Crippen molar-refractivity contribution >= 4 is 17.5 Å². The molecule has 0 aliphatic carbocycles. The minimum absolute atomic E-state index is 0.149. The van der Waals surface area contributed by atoms with Gasteiger partial charge in [0.05, 0.1) is 11.6 Å². The summed E-state index contributed by atoms with van der Waals surface area (Å²) in [6, 6.07) is 1.68. The summed E-state index contributed by atoms with van der Waals surface area (Å²) in [5.41, 5.74) is -0.416. The van der Waals surface area contributed by atoms with Crippen LogP contribution in [0.5, 0.6) is 0 Å². The summed E-state index contributed by atoms with van der Waals surface area (Å²) in [7, 11) is 0. The van der Waals surface area contributed by atoms with Gasteiger partial charge in [-0.1, -0.05) is 0 Å². The number of carbonyl (C=O) groups excluding carboxylic acids is 2. The molecular formula is C12H11F3N2O2. The van der Waals surface area contributed by atoms with Gasteiger partial charge in [-0.25, -0.2) is 13.2 Å². The first-order valence-electron chi connectivity index (χ1n) is 5.70. The molecule has 1 aromatic rings. The highest BCUT2D eigenvalue weighted by molar-refractivity contribution is 5.94. The normalized spacial score (nSPS) is 18.9. The van der Waals surface area contributed by atoms with E-state index >= 15 is 0 Å². The molecule has 0 saturated carbocycles. The number of rotatable bonds is 2. The Morgan fingerprint density at radius 1 is 1.26 bits per heavy atom. The highest BCUT2D eigenvalue weighted by Crippen LogP contribution is 2.21. The molecule has 0 bridgehead atoms. The first-order chi connectivity index (χ1) is 8.99. The molecule has 2 N–H and O–H groups in total. The number of amides is 2. The lowest BCUT2D eigenvalue weighted by atomic mass is 9.98. The van der Waals surface area contributed by atoms with E-state index in [4.69, 9.17) is 0 Å². The number of benzene rings is 1. The highest BCUT2D eigenvalue weighted by Gasteiger charge is 2.25. The first-order valence-corrected chi connectivity index (χ1v) is 5.70. The van der Waals surface area contributed by atoms with E-state index in [-0.39, 0.29) is 18.9 Å². The maximum atomic E-state index is 13.4. The topological polar surface area (TPSA) is 58.2 Å². The molecule has 0 spiro atoms. The summed E-state index contributed by atoms with van der Waals surface area (Å²) < 4.78 is 39.0. The molecule has 1 aromatic carbocycles. The second-order valence-corrected chi connectivity index (χ2v) is 4.25. The zero-order valence-electron chi connectivity index (χ0n) is 9.80. The summed E-state index contributed by atoms with van der Waals surface area (Å²) in [4.78, 5) is 22.7. The maximum Gasteiger partial charge on any atom is 0.229 e. The van der Waals surface area contributed by atoms with Gasteiger partial charge in [-0.2, -0.15) is 0 Å². The van der Waals surface area contributed by atoms with Crippen molar-refractivity contribution in [3.05, 3.63) is 29.6 Å². The molecule has 1 heterocycles. The Hall–Kier alpha value is -2.05. The maximum absolute atomic E-state index is 13.4. The van der Waals surface area contributed by atoms with Crippen LogP contribution in [0.1, 0.15) is 12.8 Å². The van der Waals surface area contributed by atoms with Gasteiger partial charge >= 0.3 is 0 Å². The van der Waals surface area contributed by atoms with Gasteiger partial charge in [0.2, 0.25) is 11.8 Å². The number of piperidine rings is 1. The van der Waals surface area contributed by atoms with Crippen LogP contribution in [0.2, 0.25) is 0 Å². The van der Waals surface area contributed by atoms with Crippen LogP contribution in [0.25, 0.3) is 0 Å². The summed E-state index contributed by atoms with van der Waals surface area (Å²) in [5.74, 6) is -5.58. The molecule has 1 fully saturated rings. The number of carbonyl (C=O) groups is 2. The quantitative estimate of drug-likeness (QED) is 0.803. The fraction of sp³-hybridized carbons (Fsp3) is 0.333. The van der Waals surface area contributed by atoms with Crippen molar-refractivity contribution in [1.29, 1.82) is 0 Å². The van der Waals surface area contributed by atoms with Crippen LogP contribution in [0.15, 0.2) is 12.1 Å². The van der Waals surface area contributed by atoms with E-state index in [9.17, 15) is 22.8 Å². The Bertz CT molecular complexity index is 524. The fourth-order valence-corrected chi connectivity index (χ4v) is 1.81. The van der Waals surface area contributed by atoms with Gasteiger partial charge in [-0.3, -0.25) is 9.59 Å². The molecule has 1 atom stereocenters. The van der Waals surface area contributed by atoms with Crippen molar-refractivity contribution in [2.75, 3.05) is 11.9 Å². The van der Waals surface area contributed by atoms with Crippen molar-refractivity contribution in [2.45, 2.75) is 12.8 Å². The summed E-state index contributed by atoms with van der Waals surface area (Å²) in [6.07, 6.45) is 0.543. The molecule has 2 amide bonds. The van der Waals surface area contributed by atoms with E-state index in [0.29, 0.717) is 6.42 Å². The smallest absolute Gasteiger partial charge is 0.229 e. The Kier molecular flexibility index (Phi) is 3.73. The zero-order chi connectivity index (χ0) is 14.0. The molecule has 1 saturated heterocycles. The molecule has 1 aliphatic heterocycles. The van der Waals surface area contributed by atoms with Crippen LogP contribution in [0.4, 0.5) is 18.9 Å². The monoisotopic (exact) mass is 272 g/mol. The van der Waals surface area contributed by atoms with Gasteiger partial charge in [0.1, 0.15) is 0 Å². The molecular weight excluding hydrogens is 261 g/mol. The van der Waals surface area contributed by atoms with E-state index in [2.05, 4.69) is 10.6 Å². The SMILES string of the molecule is O=C1CCC(C(=O)Nc2ccc(F)c(F)c2F)CN1. The number of nitrogens with one attached hydrogen (secondary N) is 2. The largest absolute Gasteiger partial charge is 0.355 e. The van der Waals surface area contributed by atoms with Crippen LogP contribution in [-0.4, -0.2) is 18.4 Å². The van der Waals surface area contributed by atoms with E-state index in [1.54, 1.807) is 0 Å². The van der Waals surface area contributed by atoms with Crippen LogP contribution in [0, 0.1) is 23.4 Å². The van der Waals surface area contributed by atoms with Gasteiger partial charge < -0.3 is 10.6 Å². The van der Waals surface area contributed by atoms with Gasteiger partial charge in [-0.15, -0.1) is 0 Å². The minimum Gasteiger partial charge on any atom is -0.355 e. The molecule has 19 heavy (non-hydrogen) atoms. The third-order valence-electron chi connectivity index (χ3n) is 2.93. The molecule has 2 rings (SSSR count). The highest BCUT2D eigenvalue weighted by atomic mass is 19.2. The fourth-order valence-electron chi connectivity index (χ4n) is 1.81. The zero-order valence-corrected chi connectivity index (χ0v) is 9.80. The second-order valence-electron chi connectivity index (χ2n) is 4.25. The lowest BCUT2D eigenvalue weighted by Crippen LogP contribution is -2.40. The average molecular weight is 272 g/mol. The molecule has 102 valence electrons. The van der Waals surface area contributed by atoms with E-state index < -0.39 is 35.0 Å². The number of halogens is 3. The van der Waals surface area contributed by atoms with Crippen molar-refractivity contribution < 1.29 is 22.8 Å². The molecule has 1 unspecified atom stereocenters. The van der Waals surface area contributed by atoms with Crippen molar-refractivity contribution in [2.24, 2.45) is 5.92 Å². The lowest BCUT2D eigenvalue weighted by Gasteiger charge is -2.21. The van der Waals surface area contributed by atoms with Gasteiger partial charge in [0.25, 0.3) is 0 Å². The summed E-state index contributed by atoms with van der Waals surface area (Å²) in [5, 5.41) is 4.70. The van der Waals surface area contributed by atoms with E-state index in [1.807, 2.05) is 0 Å². The first kappa shape index (κ1) is 13.4. The minimum atomic E-state index is -1.63. The molecule has 1 aliphatic rings. The van der Waals surface area contributed by atoms with Crippen molar-refractivity contribution in [1.82, 2.24) is 5.32 Å². The summed E-state index contributed by atoms with van der Waals surface area (Å²) in [6.45, 7) is 0.149. The predicted molar refractivity (Wildman–Crippen MR) is 60.7 cm³/mol. The van der Waals surface area contributed by atoms with E-state index in [0.717, 1.165) is 12.1 Å². The van der Waals surface area contributed by atoms with E-state index in [1.165, 1.54) is 0 Å². The third-order valence-corrected chi connectivity index (χ3v) is 2.93. The van der Waals surface area contributed by atoms with Crippen molar-refractivity contribution in [3.8, 4) is 0 Å². The molecule has 0 aromatic heterocycles. The average Bonchev–Trinajstić information content (AvgIpc) is 2.40. The van der Waals surface area contributed by atoms with Crippen LogP contribution >= 0.6 is 0 Å². The number of hydrogen-bond donors (Lipinski definition) is 2. The van der Waals surface area contributed by atoms with Gasteiger partial charge in [0, 0.05) is 13.0 Å². The second kappa shape index (κ2) is 5.29. The van der Waals surface area contributed by atoms with Crippen LogP contribution < -0.4 is 10.6 Å². The lowest BCUT2D eigenvalue weighted by molar-refractivity contribution is -0.126. The standard InChI is InChI=1S/C12H11F3N2O2/c13-7-2-3-8(11(15)10(7)14)17-12(19)6-1-4-9(18)16-5-6/h2-3,6H,1,4-5H2,(H,16,18)(H,17,19). The molecule has 0 radical (unpaired) electrons. The molecule has 7 heteroatoms. The van der Waals surface area contributed by atoms with Gasteiger partial charge in [-0.05, 0) is 18.6 Å². The van der Waals surface area contributed by atoms with Crippen molar-refractivity contribution in [3.63, 3.8) is 0 Å². The third kappa shape index (κ3) is 2.86. The van der Waals surface area contributed by atoms with Crippen LogP contribution in [-0.2, 0) is 9.59 Å². The number of hydrogen-bond acceptors (Lipinski definition) is 2. The Morgan fingerprint density at radius 2 is 2.00 bits per heavy atom. The Labute approximate surface area is 107 Å². The number of anilines is 1. The Morgan fingerprint density at radius 3 is 2.63 bits per heavy atom. The predicted octanol–water partition coefficient (Wildman–Crippen LogP) is 1.57. The van der Waals surface area contributed by atoms with Gasteiger partial charge in [0.15, 0.2) is 17.5 Å². The summed E-state index contributed by atoms with van der Waals surface area (Å²) >= 11 is 0. The Balaban J connectivity index is 2.07.